The number of amides is 1. The van der Waals surface area contributed by atoms with Gasteiger partial charge in [0.25, 0.3) is 0 Å². The van der Waals surface area contributed by atoms with E-state index in [4.69, 9.17) is 18.9 Å². The first-order valence-corrected chi connectivity index (χ1v) is 34.0. The summed E-state index contributed by atoms with van der Waals surface area (Å²) in [7, 11) is 0. The predicted octanol–water partition coefficient (Wildman–Crippen LogP) is 13.3. The molecule has 2 heterocycles. The molecule has 1 amide bonds. The van der Waals surface area contributed by atoms with E-state index >= 15 is 0 Å². The van der Waals surface area contributed by atoms with E-state index in [1.165, 1.54) is 199 Å². The Balaban J connectivity index is 1.57. The van der Waals surface area contributed by atoms with Crippen molar-refractivity contribution in [3.05, 3.63) is 60.8 Å². The molecule has 0 aliphatic carbocycles. The second-order valence-electron chi connectivity index (χ2n) is 23.9. The molecule has 2 rings (SSSR count). The zero-order valence-electron chi connectivity index (χ0n) is 52.4. The minimum atomic E-state index is -1.79. The minimum Gasteiger partial charge on any atom is -0.394 e. The Morgan fingerprint density at radius 2 is 0.807 bits per heavy atom. The molecule has 14 nitrogen and oxygen atoms in total. The first kappa shape index (κ1) is 76.8. The molecular weight excluding hydrogens is 1050 g/mol. The number of ether oxygens (including phenoxy) is 4. The van der Waals surface area contributed by atoms with Crippen LogP contribution < -0.4 is 5.32 Å². The highest BCUT2D eigenvalue weighted by Gasteiger charge is 2.51. The Hall–Kier alpha value is -2.31. The quantitative estimate of drug-likeness (QED) is 0.0204. The van der Waals surface area contributed by atoms with Crippen molar-refractivity contribution >= 4 is 5.91 Å². The normalized spacial score (nSPS) is 24.2. The average Bonchev–Trinajstić information content (AvgIpc) is 3.58. The van der Waals surface area contributed by atoms with Gasteiger partial charge in [-0.05, 0) is 70.6 Å². The fraction of sp³-hybridized carbons (Fsp3) is 0.841. The Bertz CT molecular complexity index is 1620. The highest BCUT2D eigenvalue weighted by molar-refractivity contribution is 5.76. The van der Waals surface area contributed by atoms with E-state index in [1.807, 2.05) is 6.08 Å². The summed E-state index contributed by atoms with van der Waals surface area (Å²) < 4.78 is 22.8. The fourth-order valence-electron chi connectivity index (χ4n) is 11.0. The molecule has 0 spiro atoms. The van der Waals surface area contributed by atoms with Crippen LogP contribution in [0.15, 0.2) is 60.8 Å². The number of hydrogen-bond donors (Lipinski definition) is 9. The van der Waals surface area contributed by atoms with Crippen LogP contribution in [0.2, 0.25) is 0 Å². The van der Waals surface area contributed by atoms with E-state index in [9.17, 15) is 45.6 Å². The third-order valence-electron chi connectivity index (χ3n) is 16.4. The van der Waals surface area contributed by atoms with Crippen molar-refractivity contribution in [3.63, 3.8) is 0 Å². The summed E-state index contributed by atoms with van der Waals surface area (Å²) in [5.41, 5.74) is 0. The van der Waals surface area contributed by atoms with Crippen LogP contribution in [-0.4, -0.2) is 140 Å². The Kier molecular flexibility index (Phi) is 49.9. The lowest BCUT2D eigenvalue weighted by Crippen LogP contribution is -2.65. The lowest BCUT2D eigenvalue weighted by Gasteiger charge is -2.46. The lowest BCUT2D eigenvalue weighted by atomic mass is 9.97. The van der Waals surface area contributed by atoms with Gasteiger partial charge in [-0.25, -0.2) is 0 Å². The summed E-state index contributed by atoms with van der Waals surface area (Å²) in [4.78, 5) is 13.3. The molecule has 9 N–H and O–H groups in total. The molecule has 2 aliphatic heterocycles. The van der Waals surface area contributed by atoms with Gasteiger partial charge < -0.3 is 65.1 Å². The second-order valence-corrected chi connectivity index (χ2v) is 23.9. The van der Waals surface area contributed by atoms with E-state index in [0.29, 0.717) is 12.8 Å². The molecule has 0 aromatic rings. The molecule has 0 saturated carbocycles. The number of hydrogen-bond acceptors (Lipinski definition) is 13. The maximum absolute atomic E-state index is 13.3. The third kappa shape index (κ3) is 38.6. The summed E-state index contributed by atoms with van der Waals surface area (Å²) in [6, 6.07) is -0.930. The Labute approximate surface area is 505 Å². The predicted molar refractivity (Wildman–Crippen MR) is 337 cm³/mol. The van der Waals surface area contributed by atoms with Crippen molar-refractivity contribution in [3.8, 4) is 0 Å². The second kappa shape index (κ2) is 53.9. The molecule has 14 heteroatoms. The molecule has 12 unspecified atom stereocenters. The molecule has 484 valence electrons. The SMILES string of the molecule is CCCCCCC/C=C\C/C=C\C/C=C\CCCCCCCCCCCCCCCCCCCCCCCCC(=O)NC(COC1OC(CO)C(OC2OC(CO)C(O)C(O)C2O)C(O)C1O)C(O)/C=C/CC/C=C/CCCCCCCC. The zero-order valence-corrected chi connectivity index (χ0v) is 52.4. The first-order valence-electron chi connectivity index (χ1n) is 34.0. The number of aliphatic hydroxyl groups excluding tert-OH is 8. The van der Waals surface area contributed by atoms with Crippen LogP contribution in [0.4, 0.5) is 0 Å². The van der Waals surface area contributed by atoms with Crippen LogP contribution >= 0.6 is 0 Å². The van der Waals surface area contributed by atoms with E-state index in [1.54, 1.807) is 6.08 Å². The molecule has 0 bridgehead atoms. The van der Waals surface area contributed by atoms with Crippen LogP contribution in [0, 0.1) is 0 Å². The smallest absolute Gasteiger partial charge is 0.220 e. The standard InChI is InChI=1S/C69H125NO13/c1-3-5-7-9-11-13-15-17-18-19-20-21-22-23-24-25-26-27-28-29-30-31-32-33-34-35-36-37-38-39-40-41-43-45-47-49-51-53-61(74)70-57(58(73)52-50-48-46-44-42-16-14-12-10-8-6-4-2)56-80-68-66(79)64(77)67(60(55-72)82-68)83-69-65(78)63(76)62(75)59(54-71)81-69/h15,17,19-20,22-23,42,44,50,52,57-60,62-69,71-73,75-79H,3-14,16,18,21,24-41,43,45-49,51,53-56H2,1-2H3,(H,70,74)/b17-15-,20-19-,23-22-,44-42+,52-50+. The van der Waals surface area contributed by atoms with Crippen LogP contribution in [0.25, 0.3) is 0 Å². The Morgan fingerprint density at radius 1 is 0.434 bits per heavy atom. The van der Waals surface area contributed by atoms with Gasteiger partial charge in [-0.1, -0.05) is 261 Å². The molecule has 2 aliphatic rings. The van der Waals surface area contributed by atoms with Crippen LogP contribution in [0.1, 0.15) is 277 Å². The van der Waals surface area contributed by atoms with Crippen molar-refractivity contribution in [1.29, 1.82) is 0 Å². The minimum absolute atomic E-state index is 0.248. The van der Waals surface area contributed by atoms with Crippen molar-refractivity contribution < 1.29 is 64.6 Å². The topological polar surface area (TPSA) is 228 Å². The van der Waals surface area contributed by atoms with E-state index < -0.39 is 86.8 Å². The Morgan fingerprint density at radius 3 is 1.27 bits per heavy atom. The highest BCUT2D eigenvalue weighted by atomic mass is 16.7. The molecule has 0 aromatic heterocycles. The van der Waals surface area contributed by atoms with Gasteiger partial charge in [0, 0.05) is 6.42 Å². The largest absolute Gasteiger partial charge is 0.394 e. The van der Waals surface area contributed by atoms with Crippen LogP contribution in [0.5, 0.6) is 0 Å². The van der Waals surface area contributed by atoms with Crippen molar-refractivity contribution in [2.75, 3.05) is 19.8 Å². The summed E-state index contributed by atoms with van der Waals surface area (Å²) in [6.45, 7) is 2.76. The average molecular weight is 1180 g/mol. The molecular formula is C69H125NO13. The summed E-state index contributed by atoms with van der Waals surface area (Å²) in [5, 5.41) is 87.1. The van der Waals surface area contributed by atoms with Gasteiger partial charge in [-0.15, -0.1) is 0 Å². The summed E-state index contributed by atoms with van der Waals surface area (Å²) in [6.07, 6.45) is 54.5. The highest BCUT2D eigenvalue weighted by Crippen LogP contribution is 2.30. The summed E-state index contributed by atoms with van der Waals surface area (Å²) in [5.74, 6) is -0.248. The van der Waals surface area contributed by atoms with Gasteiger partial charge in [0.15, 0.2) is 12.6 Å². The zero-order chi connectivity index (χ0) is 60.2. The number of allylic oxidation sites excluding steroid dienone is 9. The van der Waals surface area contributed by atoms with E-state index in [-0.39, 0.29) is 18.9 Å². The number of unbranched alkanes of at least 4 members (excludes halogenated alkanes) is 34. The third-order valence-corrected chi connectivity index (χ3v) is 16.4. The molecule has 2 saturated heterocycles. The first-order chi connectivity index (χ1) is 40.6. The van der Waals surface area contributed by atoms with Crippen LogP contribution in [0.3, 0.4) is 0 Å². The maximum atomic E-state index is 13.3. The molecule has 83 heavy (non-hydrogen) atoms. The molecule has 0 radical (unpaired) electrons. The molecule has 12 atom stereocenters. The van der Waals surface area contributed by atoms with Gasteiger partial charge in [-0.2, -0.15) is 0 Å². The number of carbonyl (C=O) groups is 1. The number of rotatable bonds is 55. The molecule has 0 aromatic carbocycles. The van der Waals surface area contributed by atoms with Gasteiger partial charge in [0.1, 0.15) is 48.8 Å². The van der Waals surface area contributed by atoms with Crippen molar-refractivity contribution in [1.82, 2.24) is 5.32 Å². The van der Waals surface area contributed by atoms with E-state index in [0.717, 1.165) is 44.9 Å². The number of nitrogens with one attached hydrogen (secondary N) is 1. The van der Waals surface area contributed by atoms with E-state index in [2.05, 4.69) is 67.8 Å². The number of aliphatic hydroxyl groups is 8. The van der Waals surface area contributed by atoms with Crippen LogP contribution in [-0.2, 0) is 23.7 Å². The van der Waals surface area contributed by atoms with Crippen molar-refractivity contribution in [2.45, 2.75) is 351 Å². The monoisotopic (exact) mass is 1180 g/mol. The maximum Gasteiger partial charge on any atom is 0.220 e. The summed E-state index contributed by atoms with van der Waals surface area (Å²) >= 11 is 0. The molecule has 2 fully saturated rings. The van der Waals surface area contributed by atoms with Gasteiger partial charge in [0.2, 0.25) is 5.91 Å². The fourth-order valence-corrected chi connectivity index (χ4v) is 11.0. The van der Waals surface area contributed by atoms with Gasteiger partial charge in [-0.3, -0.25) is 4.79 Å². The van der Waals surface area contributed by atoms with Gasteiger partial charge >= 0.3 is 0 Å². The lowest BCUT2D eigenvalue weighted by molar-refractivity contribution is -0.359. The number of carbonyl (C=O) groups excluding carboxylic acids is 1. The van der Waals surface area contributed by atoms with Gasteiger partial charge in [0.05, 0.1) is 32.0 Å². The van der Waals surface area contributed by atoms with Crippen molar-refractivity contribution in [2.24, 2.45) is 0 Å².